The molecule has 0 aromatic carbocycles. The average Bonchev–Trinajstić information content (AvgIpc) is 1.68. The number of rotatable bonds is 2. The lowest BCUT2D eigenvalue weighted by molar-refractivity contribution is 0.125. The van der Waals surface area contributed by atoms with Crippen LogP contribution < -0.4 is 0 Å². The Labute approximate surface area is 43.8 Å². The van der Waals surface area contributed by atoms with E-state index >= 15 is 0 Å². The number of hydrogen-bond donors (Lipinski definition) is 2. The van der Waals surface area contributed by atoms with E-state index in [2.05, 4.69) is 13.8 Å². The van der Waals surface area contributed by atoms with E-state index in [0.29, 0.717) is 0 Å². The molecule has 2 N–H and O–H groups in total. The van der Waals surface area contributed by atoms with Crippen molar-refractivity contribution in [1.29, 1.82) is 0 Å². The second kappa shape index (κ2) is 2.28. The quantitative estimate of drug-likeness (QED) is 0.499. The summed E-state index contributed by atoms with van der Waals surface area (Å²) in [6.45, 7) is 6.44. The Morgan fingerprint density at radius 3 is 1.43 bits per heavy atom. The first-order chi connectivity index (χ1) is 3.12. The van der Waals surface area contributed by atoms with Gasteiger partial charge in [-0.25, -0.2) is 0 Å². The van der Waals surface area contributed by atoms with Gasteiger partial charge in [-0.15, -0.1) is 0 Å². The lowest BCUT2D eigenvalue weighted by Gasteiger charge is -2.15. The zero-order valence-electron chi connectivity index (χ0n) is 4.22. The highest BCUT2D eigenvalue weighted by atomic mass is 16.3. The van der Waals surface area contributed by atoms with Crippen molar-refractivity contribution >= 4 is 0 Å². The van der Waals surface area contributed by atoms with E-state index in [1.54, 1.807) is 0 Å². The van der Waals surface area contributed by atoms with E-state index in [1.807, 2.05) is 0 Å². The van der Waals surface area contributed by atoms with Crippen LogP contribution in [-0.4, -0.2) is 23.4 Å². The van der Waals surface area contributed by atoms with E-state index in [9.17, 15) is 0 Å². The summed E-state index contributed by atoms with van der Waals surface area (Å²) in [7, 11) is 0. The van der Waals surface area contributed by atoms with Gasteiger partial charge in [0, 0.05) is 5.41 Å². The lowest BCUT2D eigenvalue weighted by atomic mass is 9.97. The topological polar surface area (TPSA) is 40.5 Å². The molecular formula is C5H10O2. The fourth-order valence-corrected chi connectivity index (χ4v) is 0.0500. The molecule has 0 bridgehead atoms. The summed E-state index contributed by atoms with van der Waals surface area (Å²) >= 11 is 0. The van der Waals surface area contributed by atoms with Crippen molar-refractivity contribution in [2.45, 2.75) is 0 Å². The van der Waals surface area contributed by atoms with Gasteiger partial charge in [-0.05, 0) is 13.8 Å². The highest BCUT2D eigenvalue weighted by Gasteiger charge is 2.13. The fourth-order valence-electron chi connectivity index (χ4n) is 0.0500. The summed E-state index contributed by atoms with van der Waals surface area (Å²) in [5, 5.41) is 16.6. The van der Waals surface area contributed by atoms with Crippen molar-refractivity contribution in [3.05, 3.63) is 13.8 Å². The lowest BCUT2D eigenvalue weighted by Crippen LogP contribution is -2.21. The monoisotopic (exact) mass is 102 g/mol. The van der Waals surface area contributed by atoms with Gasteiger partial charge in [0.2, 0.25) is 0 Å². The average molecular weight is 102 g/mol. The molecule has 0 amide bonds. The highest BCUT2D eigenvalue weighted by Crippen LogP contribution is 2.08. The van der Waals surface area contributed by atoms with Crippen LogP contribution in [0.1, 0.15) is 0 Å². The van der Waals surface area contributed by atoms with Gasteiger partial charge >= 0.3 is 0 Å². The Morgan fingerprint density at radius 1 is 1.14 bits per heavy atom. The van der Waals surface area contributed by atoms with Crippen LogP contribution in [0, 0.1) is 19.3 Å². The molecule has 2 nitrogen and oxygen atoms in total. The maximum absolute atomic E-state index is 8.31. The minimum atomic E-state index is -0.806. The molecule has 0 spiro atoms. The predicted octanol–water partition coefficient (Wildman–Crippen LogP) is -0.374. The molecule has 42 valence electrons. The summed E-state index contributed by atoms with van der Waals surface area (Å²) in [5.74, 6) is 0. The third-order valence-electron chi connectivity index (χ3n) is 0.671. The molecule has 0 aliphatic rings. The molecule has 0 heterocycles. The molecule has 0 rings (SSSR count). The van der Waals surface area contributed by atoms with Gasteiger partial charge in [0.15, 0.2) is 0 Å². The SMILES string of the molecule is [CH2]C([CH2])(CO)CO. The first-order valence-electron chi connectivity index (χ1n) is 2.05. The summed E-state index contributed by atoms with van der Waals surface area (Å²) < 4.78 is 0. The van der Waals surface area contributed by atoms with E-state index in [4.69, 9.17) is 10.2 Å². The molecule has 0 saturated heterocycles. The maximum Gasteiger partial charge on any atom is 0.0509 e. The molecule has 0 unspecified atom stereocenters. The Morgan fingerprint density at radius 2 is 1.43 bits per heavy atom. The van der Waals surface area contributed by atoms with Crippen LogP contribution in [-0.2, 0) is 0 Å². The van der Waals surface area contributed by atoms with Crippen LogP contribution in [0.25, 0.3) is 0 Å². The van der Waals surface area contributed by atoms with E-state index in [-0.39, 0.29) is 13.2 Å². The zero-order chi connectivity index (χ0) is 5.91. The summed E-state index contributed by atoms with van der Waals surface area (Å²) in [6, 6.07) is 0. The molecule has 0 aliphatic carbocycles. The van der Waals surface area contributed by atoms with Gasteiger partial charge in [-0.2, -0.15) is 0 Å². The molecule has 0 saturated carbocycles. The molecule has 0 aliphatic heterocycles. The minimum absolute atomic E-state index is 0.177. The minimum Gasteiger partial charge on any atom is -0.396 e. The summed E-state index contributed by atoms with van der Waals surface area (Å²) in [6.07, 6.45) is 0. The number of hydrogen-bond acceptors (Lipinski definition) is 2. The van der Waals surface area contributed by atoms with Gasteiger partial charge in [-0.1, -0.05) is 0 Å². The van der Waals surface area contributed by atoms with Crippen molar-refractivity contribution in [3.63, 3.8) is 0 Å². The van der Waals surface area contributed by atoms with Crippen molar-refractivity contribution in [2.75, 3.05) is 13.2 Å². The van der Waals surface area contributed by atoms with Crippen molar-refractivity contribution in [1.82, 2.24) is 0 Å². The van der Waals surface area contributed by atoms with E-state index in [0.717, 1.165) is 0 Å². The Hall–Kier alpha value is -0.0800. The second-order valence-corrected chi connectivity index (χ2v) is 1.82. The number of aliphatic hydroxyl groups excluding tert-OH is 2. The molecule has 0 aromatic rings. The first-order valence-corrected chi connectivity index (χ1v) is 2.05. The second-order valence-electron chi connectivity index (χ2n) is 1.82. The van der Waals surface area contributed by atoms with Crippen molar-refractivity contribution < 1.29 is 10.2 Å². The summed E-state index contributed by atoms with van der Waals surface area (Å²) in [5.41, 5.74) is -0.806. The smallest absolute Gasteiger partial charge is 0.0509 e. The zero-order valence-corrected chi connectivity index (χ0v) is 4.22. The predicted molar refractivity (Wildman–Crippen MR) is 27.3 cm³/mol. The molecule has 2 heteroatoms. The molecule has 0 fully saturated rings. The Kier molecular flexibility index (Phi) is 2.26. The molecular weight excluding hydrogens is 92.1 g/mol. The summed E-state index contributed by atoms with van der Waals surface area (Å²) in [4.78, 5) is 0. The van der Waals surface area contributed by atoms with Gasteiger partial charge in [0.05, 0.1) is 13.2 Å². The van der Waals surface area contributed by atoms with E-state index < -0.39 is 5.41 Å². The van der Waals surface area contributed by atoms with Gasteiger partial charge in [0.25, 0.3) is 0 Å². The molecule has 0 atom stereocenters. The Bertz CT molecular complexity index is 44.0. The largest absolute Gasteiger partial charge is 0.396 e. The molecule has 7 heavy (non-hydrogen) atoms. The van der Waals surface area contributed by atoms with Gasteiger partial charge in [-0.3, -0.25) is 0 Å². The maximum atomic E-state index is 8.31. The van der Waals surface area contributed by atoms with Crippen LogP contribution in [0.2, 0.25) is 0 Å². The standard InChI is InChI=1S/C5H10O2/c1-5(2,3-6)4-7/h6-7H,1-4H2. The van der Waals surface area contributed by atoms with Gasteiger partial charge < -0.3 is 10.2 Å². The van der Waals surface area contributed by atoms with Crippen LogP contribution in [0.3, 0.4) is 0 Å². The third kappa shape index (κ3) is 2.60. The van der Waals surface area contributed by atoms with Crippen LogP contribution in [0.4, 0.5) is 0 Å². The van der Waals surface area contributed by atoms with Crippen molar-refractivity contribution in [3.8, 4) is 0 Å². The highest BCUT2D eigenvalue weighted by molar-refractivity contribution is 4.82. The Balaban J connectivity index is 3.36. The first kappa shape index (κ1) is 6.92. The normalized spacial score (nSPS) is 12.0. The number of aliphatic hydroxyl groups is 2. The molecule has 0 aromatic heterocycles. The fraction of sp³-hybridized carbons (Fsp3) is 0.600. The molecule has 2 radical (unpaired) electrons. The third-order valence-corrected chi connectivity index (χ3v) is 0.671. The van der Waals surface area contributed by atoms with E-state index in [1.165, 1.54) is 0 Å². The van der Waals surface area contributed by atoms with Gasteiger partial charge in [0.1, 0.15) is 0 Å². The van der Waals surface area contributed by atoms with Crippen LogP contribution in [0.5, 0.6) is 0 Å². The van der Waals surface area contributed by atoms with Crippen LogP contribution >= 0.6 is 0 Å². The van der Waals surface area contributed by atoms with Crippen molar-refractivity contribution in [2.24, 2.45) is 5.41 Å². The van der Waals surface area contributed by atoms with Crippen LogP contribution in [0.15, 0.2) is 0 Å².